The Morgan fingerprint density at radius 1 is 0.361 bits per heavy atom. The number of benzene rings is 9. The first-order valence-electron chi connectivity index (χ1n) is 21.3. The van der Waals surface area contributed by atoms with Gasteiger partial charge in [0.25, 0.3) is 0 Å². The van der Waals surface area contributed by atoms with E-state index in [0.717, 1.165) is 21.8 Å². The molecule has 1 heterocycles. The molecule has 1 spiro atoms. The molecule has 3 aliphatic carbocycles. The third-order valence-electron chi connectivity index (χ3n) is 14.0. The van der Waals surface area contributed by atoms with Crippen molar-refractivity contribution >= 4 is 22.1 Å². The number of nitrogens with zero attached hydrogens (tertiary/aromatic N) is 1. The van der Waals surface area contributed by atoms with E-state index < -0.39 is 5.41 Å². The van der Waals surface area contributed by atoms with Crippen molar-refractivity contribution in [1.29, 1.82) is 0 Å². The summed E-state index contributed by atoms with van der Waals surface area (Å²) in [5, 5.41) is 3.65. The van der Waals surface area contributed by atoms with Crippen molar-refractivity contribution in [2.45, 2.75) is 24.7 Å². The highest BCUT2D eigenvalue weighted by Crippen LogP contribution is 2.64. The molecule has 286 valence electrons. The molecule has 13 rings (SSSR count). The maximum absolute atomic E-state index is 5.29. The lowest BCUT2D eigenvalue weighted by Gasteiger charge is -2.41. The third kappa shape index (κ3) is 4.69. The molecule has 0 N–H and O–H groups in total. The van der Waals surface area contributed by atoms with Crippen molar-refractivity contribution in [3.05, 3.63) is 234 Å². The summed E-state index contributed by atoms with van der Waals surface area (Å²) in [4.78, 5) is 6.48. The predicted octanol–water partition coefficient (Wildman–Crippen LogP) is 15.6. The molecule has 3 aliphatic rings. The highest BCUT2D eigenvalue weighted by Gasteiger charge is 2.51. The molecule has 0 radical (unpaired) electrons. The molecule has 0 fully saturated rings. The summed E-state index contributed by atoms with van der Waals surface area (Å²) in [6.45, 7) is 4.80. The van der Waals surface area contributed by atoms with Crippen LogP contribution in [-0.4, -0.2) is 4.98 Å². The second-order valence-corrected chi connectivity index (χ2v) is 18.3. The summed E-state index contributed by atoms with van der Waals surface area (Å²) in [5.41, 5.74) is 22.6. The molecule has 1 aromatic heterocycles. The van der Waals surface area contributed by atoms with Crippen LogP contribution in [0.5, 0.6) is 0 Å². The van der Waals surface area contributed by atoms with Gasteiger partial charge in [-0.05, 0) is 106 Å². The van der Waals surface area contributed by atoms with Gasteiger partial charge in [0.15, 0.2) is 0 Å². The average Bonchev–Trinajstić information content (AvgIpc) is 3.96. The molecule has 61 heavy (non-hydrogen) atoms. The number of aromatic nitrogens is 1. The first-order chi connectivity index (χ1) is 30.0. The molecule has 0 bridgehead atoms. The standard InChI is InChI=1S/C59H39NS/c1-58(2)48-24-12-9-22-43(48)46-35-53-47(34-52(46)58)45-33-32-40(44-23-15-27-51(54(44)45)59(53)49-25-13-10-20-41(49)42-21-11-14-26-50(42)59)36-28-30-39(31-29-36)57-60-55(37-16-5-3-6-17-37)56(61-57)38-18-7-4-8-19-38/h3-35H,1-2H3. The number of hydrogen-bond acceptors (Lipinski definition) is 2. The van der Waals surface area contributed by atoms with Gasteiger partial charge in [-0.25, -0.2) is 4.98 Å². The van der Waals surface area contributed by atoms with E-state index >= 15 is 0 Å². The van der Waals surface area contributed by atoms with Crippen LogP contribution < -0.4 is 0 Å². The lowest BCUT2D eigenvalue weighted by atomic mass is 9.60. The Balaban J connectivity index is 1.03. The molecular formula is C59H39NS. The second-order valence-electron chi connectivity index (χ2n) is 17.4. The van der Waals surface area contributed by atoms with E-state index in [0.29, 0.717) is 0 Å². The van der Waals surface area contributed by atoms with Crippen molar-refractivity contribution in [3.63, 3.8) is 0 Å². The number of rotatable bonds is 4. The fourth-order valence-electron chi connectivity index (χ4n) is 11.2. The van der Waals surface area contributed by atoms with Gasteiger partial charge in [-0.15, -0.1) is 11.3 Å². The third-order valence-corrected chi connectivity index (χ3v) is 15.1. The van der Waals surface area contributed by atoms with Gasteiger partial charge in [-0.1, -0.05) is 202 Å². The Morgan fingerprint density at radius 3 is 1.57 bits per heavy atom. The maximum atomic E-state index is 5.29. The molecule has 0 atom stereocenters. The van der Waals surface area contributed by atoms with Gasteiger partial charge >= 0.3 is 0 Å². The van der Waals surface area contributed by atoms with E-state index in [-0.39, 0.29) is 5.41 Å². The number of hydrogen-bond donors (Lipinski definition) is 0. The van der Waals surface area contributed by atoms with Crippen molar-refractivity contribution < 1.29 is 0 Å². The van der Waals surface area contributed by atoms with Crippen molar-refractivity contribution in [3.8, 4) is 76.8 Å². The van der Waals surface area contributed by atoms with Gasteiger partial charge in [-0.3, -0.25) is 0 Å². The Labute approximate surface area is 360 Å². The minimum atomic E-state index is -0.480. The molecule has 9 aromatic carbocycles. The van der Waals surface area contributed by atoms with E-state index in [1.165, 1.54) is 99.1 Å². The average molecular weight is 794 g/mol. The van der Waals surface area contributed by atoms with Gasteiger partial charge in [-0.2, -0.15) is 0 Å². The van der Waals surface area contributed by atoms with Crippen molar-refractivity contribution in [1.82, 2.24) is 4.98 Å². The first kappa shape index (κ1) is 34.7. The Kier molecular flexibility index (Phi) is 7.22. The largest absolute Gasteiger partial charge is 0.235 e. The fraction of sp³-hybridized carbons (Fsp3) is 0.0678. The van der Waals surface area contributed by atoms with Gasteiger partial charge < -0.3 is 0 Å². The summed E-state index contributed by atoms with van der Waals surface area (Å²) in [6.07, 6.45) is 0. The predicted molar refractivity (Wildman–Crippen MR) is 255 cm³/mol. The van der Waals surface area contributed by atoms with Crippen LogP contribution in [0, 0.1) is 0 Å². The summed E-state index contributed by atoms with van der Waals surface area (Å²) in [5.74, 6) is 0. The van der Waals surface area contributed by atoms with Crippen LogP contribution in [0.4, 0.5) is 0 Å². The van der Waals surface area contributed by atoms with Crippen LogP contribution in [0.2, 0.25) is 0 Å². The highest BCUT2D eigenvalue weighted by atomic mass is 32.1. The van der Waals surface area contributed by atoms with Gasteiger partial charge in [0, 0.05) is 16.5 Å². The summed E-state index contributed by atoms with van der Waals surface area (Å²) >= 11 is 1.77. The SMILES string of the molecule is CC1(C)c2ccccc2-c2cc3c(cc21)-c1ccc(-c2ccc(-c4nc(-c5ccccc5)c(-c5ccccc5)s4)cc2)c2cccc(c12)C31c2ccccc2-c2ccccc21. The Hall–Kier alpha value is -7.13. The van der Waals surface area contributed by atoms with Crippen LogP contribution in [0.15, 0.2) is 200 Å². The molecule has 0 unspecified atom stereocenters. The molecule has 0 aliphatic heterocycles. The summed E-state index contributed by atoms with van der Waals surface area (Å²) in [6, 6.07) is 74.7. The van der Waals surface area contributed by atoms with E-state index in [1.807, 2.05) is 0 Å². The van der Waals surface area contributed by atoms with Crippen LogP contribution in [0.1, 0.15) is 47.2 Å². The lowest BCUT2D eigenvalue weighted by molar-refractivity contribution is 0.659. The van der Waals surface area contributed by atoms with Crippen LogP contribution in [0.25, 0.3) is 87.5 Å². The molecule has 0 saturated carbocycles. The van der Waals surface area contributed by atoms with E-state index in [1.54, 1.807) is 11.3 Å². The number of fused-ring (bicyclic) bond motifs is 12. The van der Waals surface area contributed by atoms with Crippen molar-refractivity contribution in [2.24, 2.45) is 0 Å². The van der Waals surface area contributed by atoms with Crippen LogP contribution in [0.3, 0.4) is 0 Å². The van der Waals surface area contributed by atoms with Crippen LogP contribution >= 0.6 is 11.3 Å². The molecule has 1 nitrogen and oxygen atoms in total. The van der Waals surface area contributed by atoms with E-state index in [2.05, 4.69) is 214 Å². The topological polar surface area (TPSA) is 12.9 Å². The van der Waals surface area contributed by atoms with Crippen LogP contribution in [-0.2, 0) is 10.8 Å². The minimum Gasteiger partial charge on any atom is -0.235 e. The smallest absolute Gasteiger partial charge is 0.124 e. The van der Waals surface area contributed by atoms with Gasteiger partial charge in [0.1, 0.15) is 5.01 Å². The van der Waals surface area contributed by atoms with Gasteiger partial charge in [0.2, 0.25) is 0 Å². The highest BCUT2D eigenvalue weighted by molar-refractivity contribution is 7.19. The maximum Gasteiger partial charge on any atom is 0.124 e. The normalized spacial score (nSPS) is 14.3. The lowest BCUT2D eigenvalue weighted by Crippen LogP contribution is -2.32. The summed E-state index contributed by atoms with van der Waals surface area (Å²) < 4.78 is 0. The van der Waals surface area contributed by atoms with Crippen molar-refractivity contribution in [2.75, 3.05) is 0 Å². The zero-order valence-corrected chi connectivity index (χ0v) is 34.7. The van der Waals surface area contributed by atoms with Gasteiger partial charge in [0.05, 0.1) is 16.0 Å². The fourth-order valence-corrected chi connectivity index (χ4v) is 12.3. The number of thiazole rings is 1. The molecule has 10 aromatic rings. The summed E-state index contributed by atoms with van der Waals surface area (Å²) in [7, 11) is 0. The zero-order valence-electron chi connectivity index (χ0n) is 33.9. The first-order valence-corrected chi connectivity index (χ1v) is 22.1. The Bertz CT molecular complexity index is 3320. The van der Waals surface area contributed by atoms with E-state index in [4.69, 9.17) is 4.98 Å². The molecule has 2 heteroatoms. The molecule has 0 saturated heterocycles. The zero-order chi connectivity index (χ0) is 40.5. The Morgan fingerprint density at radius 2 is 0.885 bits per heavy atom. The molecular weight excluding hydrogens is 755 g/mol. The monoisotopic (exact) mass is 793 g/mol. The quantitative estimate of drug-likeness (QED) is 0.173. The van der Waals surface area contributed by atoms with E-state index in [9.17, 15) is 0 Å². The molecule has 0 amide bonds. The minimum absolute atomic E-state index is 0.113. The second kappa shape index (κ2) is 12.7.